The van der Waals surface area contributed by atoms with E-state index in [1.54, 1.807) is 6.92 Å². The van der Waals surface area contributed by atoms with Crippen LogP contribution >= 0.6 is 0 Å². The maximum absolute atomic E-state index is 13.9. The first-order valence-electron chi connectivity index (χ1n) is 6.34. The van der Waals surface area contributed by atoms with E-state index in [0.717, 1.165) is 0 Å². The summed E-state index contributed by atoms with van der Waals surface area (Å²) < 4.78 is 13.9. The van der Waals surface area contributed by atoms with Crippen LogP contribution in [0.15, 0.2) is 18.2 Å². The number of aliphatic hydroxyl groups excluding tert-OH is 1. The van der Waals surface area contributed by atoms with Gasteiger partial charge >= 0.3 is 0 Å². The molecule has 0 radical (unpaired) electrons. The number of amides is 1. The van der Waals surface area contributed by atoms with Gasteiger partial charge in [0, 0.05) is 18.7 Å². The fraction of sp³-hybridized carbons (Fsp3) is 0.400. The van der Waals surface area contributed by atoms with E-state index < -0.39 is 17.3 Å². The smallest absolute Gasteiger partial charge is 0.256 e. The highest BCUT2D eigenvalue weighted by Gasteiger charge is 2.34. The molecule has 1 fully saturated rings. The molecule has 0 aliphatic carbocycles. The Labute approximate surface area is 116 Å². The van der Waals surface area contributed by atoms with Crippen molar-refractivity contribution in [1.29, 1.82) is 0 Å². The van der Waals surface area contributed by atoms with Crippen LogP contribution < -0.4 is 0 Å². The third-order valence-electron chi connectivity index (χ3n) is 3.25. The quantitative estimate of drug-likeness (QED) is 0.745. The van der Waals surface area contributed by atoms with Gasteiger partial charge in [-0.05, 0) is 31.5 Å². The molecule has 1 aliphatic rings. The molecule has 1 heterocycles. The number of hydrogen-bond donors (Lipinski definition) is 2. The molecule has 0 bridgehead atoms. The van der Waals surface area contributed by atoms with E-state index in [1.165, 1.54) is 23.1 Å². The van der Waals surface area contributed by atoms with Crippen LogP contribution in [0.2, 0.25) is 0 Å². The average molecular weight is 277 g/mol. The summed E-state index contributed by atoms with van der Waals surface area (Å²) in [6, 6.07) is 4.09. The Balaban J connectivity index is 2.19. The maximum Gasteiger partial charge on any atom is 0.256 e. The summed E-state index contributed by atoms with van der Waals surface area (Å²) in [4.78, 5) is 13.6. The summed E-state index contributed by atoms with van der Waals surface area (Å²) in [5.41, 5.74) is -0.530. The number of halogens is 1. The van der Waals surface area contributed by atoms with Crippen LogP contribution in [0.5, 0.6) is 0 Å². The Morgan fingerprint density at radius 3 is 2.85 bits per heavy atom. The van der Waals surface area contributed by atoms with Crippen molar-refractivity contribution in [2.75, 3.05) is 19.7 Å². The van der Waals surface area contributed by atoms with E-state index in [4.69, 9.17) is 5.11 Å². The Kier molecular flexibility index (Phi) is 4.07. The van der Waals surface area contributed by atoms with Crippen molar-refractivity contribution >= 4 is 5.91 Å². The molecule has 4 nitrogen and oxygen atoms in total. The van der Waals surface area contributed by atoms with Crippen LogP contribution in [0.4, 0.5) is 4.39 Å². The van der Waals surface area contributed by atoms with Gasteiger partial charge in [-0.1, -0.05) is 11.8 Å². The van der Waals surface area contributed by atoms with Crippen LogP contribution in [0.1, 0.15) is 29.3 Å². The minimum absolute atomic E-state index is 0.0303. The average Bonchev–Trinajstić information content (AvgIpc) is 2.76. The molecule has 1 aromatic carbocycles. The summed E-state index contributed by atoms with van der Waals surface area (Å²) >= 11 is 0. The number of carbonyl (C=O) groups is 1. The van der Waals surface area contributed by atoms with E-state index in [2.05, 4.69) is 11.8 Å². The Morgan fingerprint density at radius 1 is 1.55 bits per heavy atom. The Bertz CT molecular complexity index is 587. The van der Waals surface area contributed by atoms with Crippen LogP contribution in [0.25, 0.3) is 0 Å². The Morgan fingerprint density at radius 2 is 2.30 bits per heavy atom. The SMILES string of the molecule is CC1(O)CCN(C(=O)c2ccc(C#CCO)cc2F)C1. The molecule has 20 heavy (non-hydrogen) atoms. The predicted octanol–water partition coefficient (Wildman–Crippen LogP) is 0.766. The zero-order valence-electron chi connectivity index (χ0n) is 11.2. The lowest BCUT2D eigenvalue weighted by Crippen LogP contribution is -2.34. The van der Waals surface area contributed by atoms with Gasteiger partial charge < -0.3 is 15.1 Å². The standard InChI is InChI=1S/C15H16FNO3/c1-15(20)6-7-17(10-15)14(19)12-5-4-11(3-2-8-18)9-13(12)16/h4-5,9,18,20H,6-8,10H2,1H3. The molecule has 0 spiro atoms. The van der Waals surface area contributed by atoms with E-state index in [-0.39, 0.29) is 18.7 Å². The van der Waals surface area contributed by atoms with Crippen molar-refractivity contribution in [2.24, 2.45) is 0 Å². The summed E-state index contributed by atoms with van der Waals surface area (Å²) in [7, 11) is 0. The normalized spacial score (nSPS) is 21.5. The fourth-order valence-electron chi connectivity index (χ4n) is 2.20. The van der Waals surface area contributed by atoms with Gasteiger partial charge in [-0.15, -0.1) is 0 Å². The number of likely N-dealkylation sites (tertiary alicyclic amines) is 1. The minimum atomic E-state index is -0.904. The zero-order chi connectivity index (χ0) is 14.8. The molecule has 2 N–H and O–H groups in total. The third kappa shape index (κ3) is 3.16. The molecular weight excluding hydrogens is 261 g/mol. The molecule has 0 aromatic heterocycles. The van der Waals surface area contributed by atoms with E-state index in [0.29, 0.717) is 18.5 Å². The number of nitrogens with zero attached hydrogens (tertiary/aromatic N) is 1. The molecule has 1 saturated heterocycles. The van der Waals surface area contributed by atoms with Crippen molar-refractivity contribution in [3.63, 3.8) is 0 Å². The number of benzene rings is 1. The molecule has 1 unspecified atom stereocenters. The van der Waals surface area contributed by atoms with Gasteiger partial charge in [-0.25, -0.2) is 4.39 Å². The van der Waals surface area contributed by atoms with E-state index >= 15 is 0 Å². The van der Waals surface area contributed by atoms with Gasteiger partial charge in [-0.2, -0.15) is 0 Å². The van der Waals surface area contributed by atoms with Gasteiger partial charge in [-0.3, -0.25) is 4.79 Å². The molecule has 5 heteroatoms. The van der Waals surface area contributed by atoms with E-state index in [1.807, 2.05) is 0 Å². The van der Waals surface area contributed by atoms with Crippen molar-refractivity contribution in [3.8, 4) is 11.8 Å². The second-order valence-corrected chi connectivity index (χ2v) is 5.13. The summed E-state index contributed by atoms with van der Waals surface area (Å²) in [6.07, 6.45) is 0.487. The van der Waals surface area contributed by atoms with Crippen LogP contribution in [-0.2, 0) is 0 Å². The topological polar surface area (TPSA) is 60.8 Å². The van der Waals surface area contributed by atoms with Crippen LogP contribution in [-0.4, -0.2) is 46.3 Å². The number of rotatable bonds is 1. The number of β-amino-alcohol motifs (C(OH)–C–C–N with tert-alkyl or cyclic N) is 1. The zero-order valence-corrected chi connectivity index (χ0v) is 11.2. The second kappa shape index (κ2) is 5.61. The number of carbonyl (C=O) groups excluding carboxylic acids is 1. The molecule has 1 amide bonds. The molecular formula is C15H16FNO3. The van der Waals surface area contributed by atoms with Crippen LogP contribution in [0.3, 0.4) is 0 Å². The maximum atomic E-state index is 13.9. The highest BCUT2D eigenvalue weighted by Crippen LogP contribution is 2.23. The second-order valence-electron chi connectivity index (χ2n) is 5.13. The van der Waals surface area contributed by atoms with E-state index in [9.17, 15) is 14.3 Å². The lowest BCUT2D eigenvalue weighted by molar-refractivity contribution is 0.0569. The van der Waals surface area contributed by atoms with Gasteiger partial charge in [0.15, 0.2) is 0 Å². The first-order chi connectivity index (χ1) is 9.43. The minimum Gasteiger partial charge on any atom is -0.388 e. The first kappa shape index (κ1) is 14.5. The van der Waals surface area contributed by atoms with Gasteiger partial charge in [0.25, 0.3) is 5.91 Å². The van der Waals surface area contributed by atoms with Crippen molar-refractivity contribution in [3.05, 3.63) is 35.1 Å². The summed E-state index contributed by atoms with van der Waals surface area (Å²) in [5, 5.41) is 18.4. The lowest BCUT2D eigenvalue weighted by atomic mass is 10.1. The molecule has 0 saturated carbocycles. The third-order valence-corrected chi connectivity index (χ3v) is 3.25. The Hall–Kier alpha value is -1.90. The molecule has 1 aromatic rings. The van der Waals surface area contributed by atoms with Crippen molar-refractivity contribution < 1.29 is 19.4 Å². The van der Waals surface area contributed by atoms with Gasteiger partial charge in [0.2, 0.25) is 0 Å². The summed E-state index contributed by atoms with van der Waals surface area (Å²) in [6.45, 7) is 1.98. The fourth-order valence-corrected chi connectivity index (χ4v) is 2.20. The lowest BCUT2D eigenvalue weighted by Gasteiger charge is -2.19. The molecule has 2 rings (SSSR count). The monoisotopic (exact) mass is 277 g/mol. The van der Waals surface area contributed by atoms with Crippen molar-refractivity contribution in [1.82, 2.24) is 4.90 Å². The van der Waals surface area contributed by atoms with Crippen molar-refractivity contribution in [2.45, 2.75) is 18.9 Å². The largest absolute Gasteiger partial charge is 0.388 e. The highest BCUT2D eigenvalue weighted by atomic mass is 19.1. The molecule has 1 aliphatic heterocycles. The van der Waals surface area contributed by atoms with Gasteiger partial charge in [0.05, 0.1) is 11.2 Å². The predicted molar refractivity (Wildman–Crippen MR) is 71.5 cm³/mol. The first-order valence-corrected chi connectivity index (χ1v) is 6.34. The van der Waals surface area contributed by atoms with Crippen LogP contribution in [0, 0.1) is 17.7 Å². The molecule has 1 atom stereocenters. The number of hydrogen-bond acceptors (Lipinski definition) is 3. The van der Waals surface area contributed by atoms with Gasteiger partial charge in [0.1, 0.15) is 12.4 Å². The number of aliphatic hydroxyl groups is 2. The summed E-state index contributed by atoms with van der Waals surface area (Å²) in [5.74, 6) is 3.92. The molecule has 106 valence electrons. The highest BCUT2D eigenvalue weighted by molar-refractivity contribution is 5.94.